The maximum Gasteiger partial charge on any atom is 0.122 e. The van der Waals surface area contributed by atoms with E-state index in [2.05, 4.69) is 39.0 Å². The Bertz CT molecular complexity index is 268. The first kappa shape index (κ1) is 11.1. The molecule has 0 saturated heterocycles. The van der Waals surface area contributed by atoms with Crippen molar-refractivity contribution in [3.63, 3.8) is 0 Å². The Balaban J connectivity index is 2.79. The van der Waals surface area contributed by atoms with Crippen LogP contribution in [0.5, 0.6) is 5.75 Å². The second kappa shape index (κ2) is 5.69. The summed E-state index contributed by atoms with van der Waals surface area (Å²) in [6.45, 7) is 7.40. The van der Waals surface area contributed by atoms with Crippen LogP contribution in [-0.4, -0.2) is 6.61 Å². The maximum absolute atomic E-state index is 5.71. The van der Waals surface area contributed by atoms with E-state index in [-0.39, 0.29) is 0 Å². The van der Waals surface area contributed by atoms with Gasteiger partial charge in [0.25, 0.3) is 0 Å². The molecule has 0 spiro atoms. The van der Waals surface area contributed by atoms with Gasteiger partial charge in [-0.1, -0.05) is 39.0 Å². The largest absolute Gasteiger partial charge is 0.493 e. The van der Waals surface area contributed by atoms with Gasteiger partial charge in [0, 0.05) is 0 Å². The van der Waals surface area contributed by atoms with Gasteiger partial charge >= 0.3 is 0 Å². The highest BCUT2D eigenvalue weighted by Gasteiger charge is 2.08. The van der Waals surface area contributed by atoms with Crippen molar-refractivity contribution in [2.24, 2.45) is 0 Å². The van der Waals surface area contributed by atoms with Crippen LogP contribution in [0.1, 0.15) is 45.1 Å². The van der Waals surface area contributed by atoms with E-state index in [0.717, 1.165) is 25.2 Å². The molecule has 1 aromatic rings. The summed E-state index contributed by atoms with van der Waals surface area (Å²) < 4.78 is 5.71. The van der Waals surface area contributed by atoms with Crippen LogP contribution in [0.25, 0.3) is 0 Å². The molecule has 0 aliphatic carbocycles. The van der Waals surface area contributed by atoms with Gasteiger partial charge in [-0.3, -0.25) is 0 Å². The molecular weight excluding hydrogens is 172 g/mol. The van der Waals surface area contributed by atoms with E-state index in [9.17, 15) is 0 Å². The maximum atomic E-state index is 5.71. The molecule has 1 atom stereocenters. The van der Waals surface area contributed by atoms with Gasteiger partial charge in [0.2, 0.25) is 0 Å². The molecule has 0 saturated carbocycles. The highest BCUT2D eigenvalue weighted by Crippen LogP contribution is 2.28. The second-order valence-corrected chi connectivity index (χ2v) is 3.70. The quantitative estimate of drug-likeness (QED) is 0.685. The molecule has 0 heterocycles. The molecule has 0 unspecified atom stereocenters. The molecule has 0 radical (unpaired) electrons. The van der Waals surface area contributed by atoms with E-state index in [1.54, 1.807) is 0 Å². The van der Waals surface area contributed by atoms with Gasteiger partial charge in [0.15, 0.2) is 0 Å². The van der Waals surface area contributed by atoms with Crippen LogP contribution >= 0.6 is 0 Å². The summed E-state index contributed by atoms with van der Waals surface area (Å²) in [5, 5.41) is 0. The molecular formula is C13H20O. The lowest BCUT2D eigenvalue weighted by Crippen LogP contribution is -2.00. The number of para-hydroxylation sites is 1. The van der Waals surface area contributed by atoms with Crippen molar-refractivity contribution < 1.29 is 4.74 Å². The summed E-state index contributed by atoms with van der Waals surface area (Å²) in [6.07, 6.45) is 2.22. The van der Waals surface area contributed by atoms with Gasteiger partial charge in [-0.2, -0.15) is 0 Å². The van der Waals surface area contributed by atoms with E-state index in [4.69, 9.17) is 4.74 Å². The lowest BCUT2D eigenvalue weighted by atomic mass is 9.98. The lowest BCUT2D eigenvalue weighted by Gasteiger charge is -2.15. The van der Waals surface area contributed by atoms with Gasteiger partial charge < -0.3 is 4.74 Å². The van der Waals surface area contributed by atoms with E-state index in [1.807, 2.05) is 6.07 Å². The first-order chi connectivity index (χ1) is 6.79. The Morgan fingerprint density at radius 3 is 2.57 bits per heavy atom. The smallest absolute Gasteiger partial charge is 0.122 e. The molecule has 1 aromatic carbocycles. The lowest BCUT2D eigenvalue weighted by molar-refractivity contribution is 0.312. The molecule has 1 rings (SSSR count). The minimum Gasteiger partial charge on any atom is -0.493 e. The molecule has 14 heavy (non-hydrogen) atoms. The van der Waals surface area contributed by atoms with Gasteiger partial charge in [0.05, 0.1) is 6.61 Å². The standard InChI is InChI=1S/C13H20O/c1-4-10-14-13-9-7-6-8-12(13)11(3)5-2/h6-9,11H,4-5,10H2,1-3H3/t11-/m1/s1. The summed E-state index contributed by atoms with van der Waals surface area (Å²) in [7, 11) is 0. The number of hydrogen-bond acceptors (Lipinski definition) is 1. The Labute approximate surface area is 87.1 Å². The molecule has 1 nitrogen and oxygen atoms in total. The van der Waals surface area contributed by atoms with Crippen molar-refractivity contribution in [1.29, 1.82) is 0 Å². The molecule has 78 valence electrons. The van der Waals surface area contributed by atoms with E-state index < -0.39 is 0 Å². The monoisotopic (exact) mass is 192 g/mol. The van der Waals surface area contributed by atoms with Crippen molar-refractivity contribution in [3.8, 4) is 5.75 Å². The summed E-state index contributed by atoms with van der Waals surface area (Å²) in [5.74, 6) is 1.65. The Hall–Kier alpha value is -0.980. The summed E-state index contributed by atoms with van der Waals surface area (Å²) in [6, 6.07) is 8.35. The third kappa shape index (κ3) is 2.76. The van der Waals surface area contributed by atoms with E-state index in [1.165, 1.54) is 5.56 Å². The number of rotatable bonds is 5. The highest BCUT2D eigenvalue weighted by atomic mass is 16.5. The molecule has 0 aromatic heterocycles. The van der Waals surface area contributed by atoms with Crippen molar-refractivity contribution in [2.75, 3.05) is 6.61 Å². The van der Waals surface area contributed by atoms with Crippen LogP contribution in [0.15, 0.2) is 24.3 Å². The zero-order chi connectivity index (χ0) is 10.4. The number of ether oxygens (including phenoxy) is 1. The van der Waals surface area contributed by atoms with Crippen molar-refractivity contribution in [2.45, 2.75) is 39.5 Å². The molecule has 0 aliphatic heterocycles. The minimum absolute atomic E-state index is 0.586. The van der Waals surface area contributed by atoms with Crippen LogP contribution < -0.4 is 4.74 Å². The zero-order valence-corrected chi connectivity index (χ0v) is 9.42. The van der Waals surface area contributed by atoms with Crippen LogP contribution in [-0.2, 0) is 0 Å². The normalized spacial score (nSPS) is 12.5. The summed E-state index contributed by atoms with van der Waals surface area (Å²) >= 11 is 0. The highest BCUT2D eigenvalue weighted by molar-refractivity contribution is 5.35. The fourth-order valence-corrected chi connectivity index (χ4v) is 1.45. The van der Waals surface area contributed by atoms with Crippen molar-refractivity contribution in [3.05, 3.63) is 29.8 Å². The third-order valence-corrected chi connectivity index (χ3v) is 2.52. The van der Waals surface area contributed by atoms with Crippen LogP contribution in [0, 0.1) is 0 Å². The number of benzene rings is 1. The second-order valence-electron chi connectivity index (χ2n) is 3.70. The van der Waals surface area contributed by atoms with Crippen LogP contribution in [0.4, 0.5) is 0 Å². The first-order valence-electron chi connectivity index (χ1n) is 5.51. The van der Waals surface area contributed by atoms with Crippen LogP contribution in [0.2, 0.25) is 0 Å². The van der Waals surface area contributed by atoms with E-state index in [0.29, 0.717) is 5.92 Å². The SMILES string of the molecule is CCCOc1ccccc1[C@H](C)CC. The summed E-state index contributed by atoms with van der Waals surface area (Å²) in [4.78, 5) is 0. The predicted molar refractivity (Wildman–Crippen MR) is 60.9 cm³/mol. The van der Waals surface area contributed by atoms with Crippen molar-refractivity contribution >= 4 is 0 Å². The first-order valence-corrected chi connectivity index (χ1v) is 5.51. The number of hydrogen-bond donors (Lipinski definition) is 0. The van der Waals surface area contributed by atoms with Gasteiger partial charge in [-0.15, -0.1) is 0 Å². The van der Waals surface area contributed by atoms with Crippen molar-refractivity contribution in [1.82, 2.24) is 0 Å². The average molecular weight is 192 g/mol. The summed E-state index contributed by atoms with van der Waals surface area (Å²) in [5.41, 5.74) is 1.34. The van der Waals surface area contributed by atoms with Crippen LogP contribution in [0.3, 0.4) is 0 Å². The Morgan fingerprint density at radius 1 is 1.21 bits per heavy atom. The van der Waals surface area contributed by atoms with Gasteiger partial charge in [-0.05, 0) is 30.4 Å². The fourth-order valence-electron chi connectivity index (χ4n) is 1.45. The minimum atomic E-state index is 0.586. The topological polar surface area (TPSA) is 9.23 Å². The molecule has 0 aliphatic rings. The Morgan fingerprint density at radius 2 is 1.93 bits per heavy atom. The zero-order valence-electron chi connectivity index (χ0n) is 9.42. The average Bonchev–Trinajstić information content (AvgIpc) is 2.25. The third-order valence-electron chi connectivity index (χ3n) is 2.52. The molecule has 0 amide bonds. The van der Waals surface area contributed by atoms with E-state index >= 15 is 0 Å². The van der Waals surface area contributed by atoms with Gasteiger partial charge in [-0.25, -0.2) is 0 Å². The Kier molecular flexibility index (Phi) is 4.51. The fraction of sp³-hybridized carbons (Fsp3) is 0.538. The molecule has 0 fully saturated rings. The predicted octanol–water partition coefficient (Wildman–Crippen LogP) is 3.99. The molecule has 0 N–H and O–H groups in total. The molecule has 1 heteroatoms. The van der Waals surface area contributed by atoms with Gasteiger partial charge in [0.1, 0.15) is 5.75 Å². The molecule has 0 bridgehead atoms.